The van der Waals surface area contributed by atoms with Crippen molar-refractivity contribution in [2.45, 2.75) is 33.7 Å². The van der Waals surface area contributed by atoms with Crippen LogP contribution in [0, 0.1) is 18.8 Å². The predicted molar refractivity (Wildman–Crippen MR) is 77.9 cm³/mol. The quantitative estimate of drug-likeness (QED) is 0.532. The molecule has 0 N–H and O–H groups in total. The van der Waals surface area contributed by atoms with Crippen LogP contribution in [0.5, 0.6) is 0 Å². The van der Waals surface area contributed by atoms with Gasteiger partial charge in [0, 0.05) is 19.8 Å². The summed E-state index contributed by atoms with van der Waals surface area (Å²) in [4.78, 5) is 1.46. The molecule has 0 nitrogen and oxygen atoms in total. The van der Waals surface area contributed by atoms with Gasteiger partial charge in [0.25, 0.3) is 0 Å². The zero-order valence-electron chi connectivity index (χ0n) is 7.80. The first-order chi connectivity index (χ1) is 6.66. The lowest BCUT2D eigenvalue weighted by atomic mass is 9.86. The fourth-order valence-corrected chi connectivity index (χ4v) is 4.64. The van der Waals surface area contributed by atoms with Crippen LogP contribution in [0.1, 0.15) is 19.3 Å². The first-order valence-corrected chi connectivity index (χ1v) is 8.66. The molecule has 0 amide bonds. The van der Waals surface area contributed by atoms with Gasteiger partial charge in [-0.1, -0.05) is 63.7 Å². The van der Waals surface area contributed by atoms with Crippen LogP contribution in [0.25, 0.3) is 0 Å². The first kappa shape index (κ1) is 14.0. The second-order valence-electron chi connectivity index (χ2n) is 3.56. The summed E-state index contributed by atoms with van der Waals surface area (Å²) in [6.07, 6.45) is 8.53. The molecule has 14 heavy (non-hydrogen) atoms. The van der Waals surface area contributed by atoms with Gasteiger partial charge in [0.05, 0.1) is 0 Å². The highest BCUT2D eigenvalue weighted by Gasteiger charge is 2.30. The van der Waals surface area contributed by atoms with Gasteiger partial charge in [-0.2, -0.15) is 0 Å². The predicted octanol–water partition coefficient (Wildman–Crippen LogP) is 4.88. The third-order valence-corrected chi connectivity index (χ3v) is 8.82. The molecule has 0 heterocycles. The Balaban J connectivity index is 2.41. The molecule has 82 valence electrons. The summed E-state index contributed by atoms with van der Waals surface area (Å²) in [5, 5.41) is 0.974. The van der Waals surface area contributed by atoms with Crippen LogP contribution in [-0.4, -0.2) is 19.8 Å². The van der Waals surface area contributed by atoms with E-state index in [0.29, 0.717) is 20.4 Å². The van der Waals surface area contributed by atoms with Crippen LogP contribution in [0.2, 0.25) is 0 Å². The summed E-state index contributed by atoms with van der Waals surface area (Å²) in [7, 11) is 0. The second-order valence-corrected chi connectivity index (χ2v) is 7.50. The summed E-state index contributed by atoms with van der Waals surface area (Å²) in [5.41, 5.74) is 0. The maximum atomic E-state index is 3.80. The Morgan fingerprint density at radius 3 is 2.43 bits per heavy atom. The molecule has 1 aliphatic rings. The molecule has 1 aliphatic carbocycles. The zero-order chi connectivity index (χ0) is 10.6. The van der Waals surface area contributed by atoms with E-state index in [1.807, 2.05) is 0 Å². The number of rotatable bonds is 4. The van der Waals surface area contributed by atoms with Crippen molar-refractivity contribution >= 4 is 63.7 Å². The molecule has 0 aromatic rings. The fraction of sp³-hybridized carbons (Fsp3) is 0.800. The standard InChI is InChI=1S/C10H14Br4/c11-6-8(12)10(14)9(13)7-4-2-1-3-5-7/h2,5,7-10H,1,3-4,6H2. The molecule has 0 aliphatic heterocycles. The lowest BCUT2D eigenvalue weighted by Gasteiger charge is -2.30. The monoisotopic (exact) mass is 450 g/mol. The summed E-state index contributed by atoms with van der Waals surface area (Å²) in [6.45, 7) is 0. The van der Waals surface area contributed by atoms with Gasteiger partial charge < -0.3 is 0 Å². The summed E-state index contributed by atoms with van der Waals surface area (Å²) in [6, 6.07) is 0. The van der Waals surface area contributed by atoms with Gasteiger partial charge in [0.15, 0.2) is 0 Å². The Morgan fingerprint density at radius 2 is 1.93 bits per heavy atom. The van der Waals surface area contributed by atoms with E-state index in [2.05, 4.69) is 76.6 Å². The number of hydrogen-bond acceptors (Lipinski definition) is 0. The van der Waals surface area contributed by atoms with Crippen molar-refractivity contribution in [3.05, 3.63) is 12.8 Å². The van der Waals surface area contributed by atoms with Crippen molar-refractivity contribution in [1.29, 1.82) is 0 Å². The zero-order valence-corrected chi connectivity index (χ0v) is 14.1. The van der Waals surface area contributed by atoms with Crippen LogP contribution in [-0.2, 0) is 0 Å². The van der Waals surface area contributed by atoms with Gasteiger partial charge in [-0.05, 0) is 38.0 Å². The highest BCUT2D eigenvalue weighted by molar-refractivity contribution is 9.14. The maximum absolute atomic E-state index is 3.80. The van der Waals surface area contributed by atoms with Crippen LogP contribution >= 0.6 is 63.7 Å². The van der Waals surface area contributed by atoms with Crippen molar-refractivity contribution in [2.75, 3.05) is 5.33 Å². The molecule has 0 spiro atoms. The Labute approximate surface area is 120 Å². The summed E-state index contributed by atoms with van der Waals surface area (Å²) in [5.74, 6) is 0.673. The van der Waals surface area contributed by atoms with Crippen LogP contribution in [0.4, 0.5) is 0 Å². The molecule has 0 aromatic carbocycles. The Hall–Kier alpha value is 1.92. The van der Waals surface area contributed by atoms with E-state index >= 15 is 0 Å². The molecule has 1 saturated carbocycles. The molecule has 4 unspecified atom stereocenters. The highest BCUT2D eigenvalue weighted by Crippen LogP contribution is 2.35. The molecule has 2 radical (unpaired) electrons. The largest absolute Gasteiger partial charge is 0.0916 e. The minimum Gasteiger partial charge on any atom is -0.0916 e. The molecule has 0 aromatic heterocycles. The molecular weight excluding hydrogens is 440 g/mol. The third-order valence-electron chi connectivity index (χ3n) is 2.49. The molecule has 1 fully saturated rings. The van der Waals surface area contributed by atoms with E-state index in [1.165, 1.54) is 19.3 Å². The van der Waals surface area contributed by atoms with E-state index in [1.54, 1.807) is 0 Å². The maximum Gasteiger partial charge on any atom is 0.0407 e. The van der Waals surface area contributed by atoms with Crippen molar-refractivity contribution in [3.63, 3.8) is 0 Å². The summed E-state index contributed by atoms with van der Waals surface area (Å²) < 4.78 is 0. The second kappa shape index (κ2) is 7.29. The SMILES string of the molecule is BrCC(Br)C(Br)C(Br)C1[CH]CC[CH]C1. The highest BCUT2D eigenvalue weighted by atomic mass is 79.9. The molecule has 0 bridgehead atoms. The normalized spacial score (nSPS) is 25.7. The van der Waals surface area contributed by atoms with E-state index in [0.717, 1.165) is 5.33 Å². The van der Waals surface area contributed by atoms with Crippen LogP contribution < -0.4 is 0 Å². The van der Waals surface area contributed by atoms with E-state index < -0.39 is 0 Å². The van der Waals surface area contributed by atoms with Crippen molar-refractivity contribution in [3.8, 4) is 0 Å². The number of hydrogen-bond donors (Lipinski definition) is 0. The third kappa shape index (κ3) is 4.06. The van der Waals surface area contributed by atoms with Crippen molar-refractivity contribution < 1.29 is 0 Å². The van der Waals surface area contributed by atoms with Gasteiger partial charge in [0.1, 0.15) is 0 Å². The fourth-order valence-electron chi connectivity index (χ4n) is 1.62. The molecule has 4 atom stereocenters. The summed E-state index contributed by atoms with van der Waals surface area (Å²) >= 11 is 14.7. The van der Waals surface area contributed by atoms with Gasteiger partial charge in [-0.15, -0.1) is 0 Å². The minimum atomic E-state index is 0.467. The van der Waals surface area contributed by atoms with E-state index in [9.17, 15) is 0 Å². The average molecular weight is 454 g/mol. The van der Waals surface area contributed by atoms with E-state index in [4.69, 9.17) is 0 Å². The Bertz CT molecular complexity index is 154. The molecule has 0 saturated heterocycles. The Morgan fingerprint density at radius 1 is 1.21 bits per heavy atom. The van der Waals surface area contributed by atoms with E-state index in [-0.39, 0.29) is 0 Å². The average Bonchev–Trinajstić information content (AvgIpc) is 2.27. The Kier molecular flexibility index (Phi) is 7.28. The smallest absolute Gasteiger partial charge is 0.0407 e. The number of halogens is 4. The molecular formula is C10H14Br4. The molecule has 1 rings (SSSR count). The molecule has 4 heteroatoms. The topological polar surface area (TPSA) is 0 Å². The van der Waals surface area contributed by atoms with Gasteiger partial charge in [-0.25, -0.2) is 0 Å². The van der Waals surface area contributed by atoms with Gasteiger partial charge in [0.2, 0.25) is 0 Å². The van der Waals surface area contributed by atoms with Crippen molar-refractivity contribution in [1.82, 2.24) is 0 Å². The van der Waals surface area contributed by atoms with Gasteiger partial charge in [-0.3, -0.25) is 0 Å². The van der Waals surface area contributed by atoms with Crippen molar-refractivity contribution in [2.24, 2.45) is 5.92 Å². The van der Waals surface area contributed by atoms with Crippen LogP contribution in [0.15, 0.2) is 0 Å². The van der Waals surface area contributed by atoms with Gasteiger partial charge >= 0.3 is 0 Å². The number of alkyl halides is 4. The lowest BCUT2D eigenvalue weighted by molar-refractivity contribution is 0.494. The lowest BCUT2D eigenvalue weighted by Crippen LogP contribution is -2.32. The minimum absolute atomic E-state index is 0.467. The first-order valence-electron chi connectivity index (χ1n) is 4.80. The van der Waals surface area contributed by atoms with Crippen LogP contribution in [0.3, 0.4) is 0 Å².